The van der Waals surface area contributed by atoms with E-state index in [1.54, 1.807) is 0 Å². The van der Waals surface area contributed by atoms with Crippen LogP contribution in [0.2, 0.25) is 0 Å². The lowest BCUT2D eigenvalue weighted by molar-refractivity contribution is -0.140. The Kier molecular flexibility index (Phi) is 4.21. The third-order valence-electron chi connectivity index (χ3n) is 2.47. The van der Waals surface area contributed by atoms with Crippen LogP contribution in [-0.2, 0) is 11.0 Å². The van der Waals surface area contributed by atoms with Crippen molar-refractivity contribution in [2.45, 2.75) is 11.3 Å². The third-order valence-corrected chi connectivity index (χ3v) is 3.42. The summed E-state index contributed by atoms with van der Waals surface area (Å²) in [5.74, 6) is -2.74. The Morgan fingerprint density at radius 3 is 2.71 bits per heavy atom. The van der Waals surface area contributed by atoms with E-state index < -0.39 is 23.5 Å². The van der Waals surface area contributed by atoms with Gasteiger partial charge in [-0.3, -0.25) is 9.36 Å². The highest BCUT2D eigenvalue weighted by atomic mass is 32.2. The molecule has 0 aliphatic rings. The molecule has 21 heavy (non-hydrogen) atoms. The smallest absolute Gasteiger partial charge is 0.419 e. The van der Waals surface area contributed by atoms with Gasteiger partial charge in [-0.2, -0.15) is 13.2 Å². The van der Waals surface area contributed by atoms with Crippen molar-refractivity contribution in [1.29, 1.82) is 0 Å². The second-order valence-corrected chi connectivity index (χ2v) is 4.87. The molecule has 112 valence electrons. The number of imidazole rings is 1. The molecule has 4 nitrogen and oxygen atoms in total. The minimum Gasteiger partial charge on any atom is -0.481 e. The molecule has 0 spiro atoms. The van der Waals surface area contributed by atoms with Crippen molar-refractivity contribution in [1.82, 2.24) is 9.55 Å². The number of hydrogen-bond donors (Lipinski definition) is 1. The molecule has 1 N–H and O–H groups in total. The number of benzene rings is 1. The standard InChI is InChI=1S/C12H8F4N2O2S/c13-9-2-1-7(5-8(9)12(14,15)16)18-4-3-17-11(18)21-6-10(19)20/h1-5H,6H2,(H,19,20). The number of carbonyl (C=O) groups is 1. The zero-order chi connectivity index (χ0) is 15.6. The lowest BCUT2D eigenvalue weighted by Gasteiger charge is -2.12. The van der Waals surface area contributed by atoms with Crippen LogP contribution in [0, 0.1) is 5.82 Å². The maximum Gasteiger partial charge on any atom is 0.419 e. The van der Waals surface area contributed by atoms with Crippen molar-refractivity contribution in [3.05, 3.63) is 42.0 Å². The van der Waals surface area contributed by atoms with Gasteiger partial charge in [0.1, 0.15) is 5.82 Å². The van der Waals surface area contributed by atoms with Crippen LogP contribution in [0.5, 0.6) is 0 Å². The maximum absolute atomic E-state index is 13.2. The highest BCUT2D eigenvalue weighted by Gasteiger charge is 2.34. The van der Waals surface area contributed by atoms with Crippen LogP contribution in [0.15, 0.2) is 35.7 Å². The molecule has 2 rings (SSSR count). The summed E-state index contributed by atoms with van der Waals surface area (Å²) in [4.78, 5) is 14.4. The number of alkyl halides is 3. The molecule has 0 radical (unpaired) electrons. The van der Waals surface area contributed by atoms with Crippen LogP contribution in [0.25, 0.3) is 5.69 Å². The van der Waals surface area contributed by atoms with Gasteiger partial charge in [0, 0.05) is 18.1 Å². The summed E-state index contributed by atoms with van der Waals surface area (Å²) in [6.45, 7) is 0. The number of carboxylic acids is 1. The molecule has 2 aromatic rings. The molecule has 0 aliphatic heterocycles. The van der Waals surface area contributed by atoms with Crippen LogP contribution in [-0.4, -0.2) is 26.4 Å². The number of nitrogens with zero attached hydrogens (tertiary/aromatic N) is 2. The Morgan fingerprint density at radius 1 is 1.38 bits per heavy atom. The van der Waals surface area contributed by atoms with Crippen molar-refractivity contribution in [2.75, 3.05) is 5.75 Å². The van der Waals surface area contributed by atoms with E-state index >= 15 is 0 Å². The Morgan fingerprint density at radius 2 is 2.10 bits per heavy atom. The van der Waals surface area contributed by atoms with Gasteiger partial charge in [-0.25, -0.2) is 9.37 Å². The average molecular weight is 320 g/mol. The van der Waals surface area contributed by atoms with Gasteiger partial charge in [0.2, 0.25) is 0 Å². The van der Waals surface area contributed by atoms with Crippen molar-refractivity contribution in [3.63, 3.8) is 0 Å². The summed E-state index contributed by atoms with van der Waals surface area (Å²) in [5, 5.41) is 8.81. The molecule has 0 atom stereocenters. The summed E-state index contributed by atoms with van der Waals surface area (Å²) in [6.07, 6.45) is -2.12. The van der Waals surface area contributed by atoms with Gasteiger partial charge < -0.3 is 5.11 Å². The van der Waals surface area contributed by atoms with Crippen molar-refractivity contribution in [3.8, 4) is 5.69 Å². The van der Waals surface area contributed by atoms with E-state index in [-0.39, 0.29) is 16.6 Å². The Labute approximate surface area is 120 Å². The molecule has 0 bridgehead atoms. The largest absolute Gasteiger partial charge is 0.481 e. The first-order valence-electron chi connectivity index (χ1n) is 5.54. The SMILES string of the molecule is O=C(O)CSc1nccn1-c1ccc(F)c(C(F)(F)F)c1. The number of halogens is 4. The van der Waals surface area contributed by atoms with Crippen molar-refractivity contribution >= 4 is 17.7 Å². The lowest BCUT2D eigenvalue weighted by Crippen LogP contribution is -2.09. The van der Waals surface area contributed by atoms with Gasteiger partial charge in [0.05, 0.1) is 11.3 Å². The third kappa shape index (κ3) is 3.54. The molecule has 0 unspecified atom stereocenters. The van der Waals surface area contributed by atoms with E-state index in [4.69, 9.17) is 5.11 Å². The Bertz CT molecular complexity index is 670. The topological polar surface area (TPSA) is 55.1 Å². The van der Waals surface area contributed by atoms with Crippen LogP contribution >= 0.6 is 11.8 Å². The minimum absolute atomic E-state index is 0.0501. The lowest BCUT2D eigenvalue weighted by atomic mass is 10.2. The van der Waals surface area contributed by atoms with Gasteiger partial charge in [0.25, 0.3) is 0 Å². The summed E-state index contributed by atoms with van der Waals surface area (Å²) in [5.41, 5.74) is -1.34. The fourth-order valence-electron chi connectivity index (χ4n) is 1.60. The van der Waals surface area contributed by atoms with Gasteiger partial charge >= 0.3 is 12.1 Å². The second-order valence-electron chi connectivity index (χ2n) is 3.92. The maximum atomic E-state index is 13.2. The molecule has 1 heterocycles. The zero-order valence-corrected chi connectivity index (χ0v) is 11.1. The summed E-state index contributed by atoms with van der Waals surface area (Å²) in [7, 11) is 0. The van der Waals surface area contributed by atoms with Crippen LogP contribution in [0.4, 0.5) is 17.6 Å². The molecule has 0 saturated carbocycles. The fraction of sp³-hybridized carbons (Fsp3) is 0.167. The molecule has 1 aromatic heterocycles. The van der Waals surface area contributed by atoms with Gasteiger partial charge in [-0.1, -0.05) is 11.8 Å². The van der Waals surface area contributed by atoms with Crippen molar-refractivity contribution < 1.29 is 27.5 Å². The molecule has 0 fully saturated rings. The number of hydrogen-bond acceptors (Lipinski definition) is 3. The number of aliphatic carboxylic acids is 1. The Hall–Kier alpha value is -2.03. The second kappa shape index (κ2) is 5.76. The fourth-order valence-corrected chi connectivity index (χ4v) is 2.29. The summed E-state index contributed by atoms with van der Waals surface area (Å²) < 4.78 is 52.5. The van der Waals surface area contributed by atoms with Gasteiger partial charge in [-0.05, 0) is 18.2 Å². The number of aromatic nitrogens is 2. The summed E-state index contributed by atoms with van der Waals surface area (Å²) >= 11 is 0.852. The summed E-state index contributed by atoms with van der Waals surface area (Å²) in [6, 6.07) is 2.53. The van der Waals surface area contributed by atoms with Gasteiger partial charge in [-0.15, -0.1) is 0 Å². The number of carboxylic acid groups (broad SMARTS) is 1. The molecule has 9 heteroatoms. The minimum atomic E-state index is -4.81. The van der Waals surface area contributed by atoms with E-state index in [1.165, 1.54) is 17.0 Å². The zero-order valence-electron chi connectivity index (χ0n) is 10.3. The van der Waals surface area contributed by atoms with Crippen LogP contribution in [0.1, 0.15) is 5.56 Å². The van der Waals surface area contributed by atoms with E-state index in [1.807, 2.05) is 0 Å². The monoisotopic (exact) mass is 320 g/mol. The molecule has 0 saturated heterocycles. The van der Waals surface area contributed by atoms with E-state index in [0.717, 1.165) is 17.8 Å². The molecule has 0 aliphatic carbocycles. The van der Waals surface area contributed by atoms with Crippen molar-refractivity contribution in [2.24, 2.45) is 0 Å². The molecular formula is C12H8F4N2O2S. The number of rotatable bonds is 4. The average Bonchev–Trinajstić information content (AvgIpc) is 2.84. The molecular weight excluding hydrogens is 312 g/mol. The predicted octanol–water partition coefficient (Wildman–Crippen LogP) is 3.21. The first-order chi connectivity index (χ1) is 9.79. The first kappa shape index (κ1) is 15.4. The predicted molar refractivity (Wildman–Crippen MR) is 66.9 cm³/mol. The highest BCUT2D eigenvalue weighted by molar-refractivity contribution is 7.99. The number of thioether (sulfide) groups is 1. The quantitative estimate of drug-likeness (QED) is 0.694. The molecule has 1 aromatic carbocycles. The first-order valence-corrected chi connectivity index (χ1v) is 6.52. The van der Waals surface area contributed by atoms with E-state index in [0.29, 0.717) is 12.1 Å². The van der Waals surface area contributed by atoms with Gasteiger partial charge in [0.15, 0.2) is 5.16 Å². The normalized spacial score (nSPS) is 11.6. The van der Waals surface area contributed by atoms with E-state index in [9.17, 15) is 22.4 Å². The Balaban J connectivity index is 2.39. The van der Waals surface area contributed by atoms with Crippen LogP contribution in [0.3, 0.4) is 0 Å². The molecule has 0 amide bonds. The van der Waals surface area contributed by atoms with E-state index in [2.05, 4.69) is 4.98 Å². The highest BCUT2D eigenvalue weighted by Crippen LogP contribution is 2.33. The van der Waals surface area contributed by atoms with Crippen LogP contribution < -0.4 is 0 Å².